The Morgan fingerprint density at radius 2 is 2.15 bits per heavy atom. The van der Waals surface area contributed by atoms with Gasteiger partial charge in [0.25, 0.3) is 0 Å². The van der Waals surface area contributed by atoms with E-state index >= 15 is 0 Å². The predicted molar refractivity (Wildman–Crippen MR) is 55.1 cm³/mol. The van der Waals surface area contributed by atoms with Crippen LogP contribution in [-0.4, -0.2) is 13.4 Å². The van der Waals surface area contributed by atoms with Gasteiger partial charge in [0, 0.05) is 21.4 Å². The Kier molecular flexibility index (Phi) is 3.32. The number of hydrogen-bond acceptors (Lipinski definition) is 3. The highest BCUT2D eigenvalue weighted by atomic mass is 79.9. The fraction of sp³-hybridized carbons (Fsp3) is 0.286. The number of pyridine rings is 1. The van der Waals surface area contributed by atoms with Gasteiger partial charge >= 0.3 is 0 Å². The minimum absolute atomic E-state index is 0.443. The maximum Gasteiger partial charge on any atom is 0.240 e. The standard InChI is InChI=1S/C7H7BrClNO2S/c1-5(13(9,11)12)7-3-2-6(8)4-10-7/h2-5H,1H3. The molecule has 0 aliphatic heterocycles. The molecule has 0 bridgehead atoms. The van der Waals surface area contributed by atoms with Gasteiger partial charge in [-0.05, 0) is 35.0 Å². The molecule has 0 amide bonds. The molecule has 72 valence electrons. The van der Waals surface area contributed by atoms with Crippen molar-refractivity contribution in [3.8, 4) is 0 Å². The summed E-state index contributed by atoms with van der Waals surface area (Å²) in [6, 6.07) is 3.34. The van der Waals surface area contributed by atoms with E-state index in [-0.39, 0.29) is 0 Å². The normalized spacial score (nSPS) is 14.1. The zero-order chi connectivity index (χ0) is 10.1. The van der Waals surface area contributed by atoms with Gasteiger partial charge in [0.05, 0.1) is 5.69 Å². The van der Waals surface area contributed by atoms with Crippen LogP contribution in [0.15, 0.2) is 22.8 Å². The Labute approximate surface area is 89.7 Å². The second-order valence-corrected chi connectivity index (χ2v) is 6.38. The molecule has 1 heterocycles. The molecule has 13 heavy (non-hydrogen) atoms. The van der Waals surface area contributed by atoms with E-state index in [2.05, 4.69) is 20.9 Å². The van der Waals surface area contributed by atoms with E-state index in [1.807, 2.05) is 0 Å². The second-order valence-electron chi connectivity index (χ2n) is 2.52. The third-order valence-corrected chi connectivity index (χ3v) is 3.95. The van der Waals surface area contributed by atoms with Gasteiger partial charge in [-0.1, -0.05) is 0 Å². The summed E-state index contributed by atoms with van der Waals surface area (Å²) in [5, 5.41) is -0.776. The van der Waals surface area contributed by atoms with Crippen LogP contribution in [-0.2, 0) is 9.05 Å². The molecule has 0 fully saturated rings. The summed E-state index contributed by atoms with van der Waals surface area (Å²) in [5.41, 5.74) is 0.443. The summed E-state index contributed by atoms with van der Waals surface area (Å²) in [6.45, 7) is 1.50. The molecule has 0 aliphatic rings. The number of aromatic nitrogens is 1. The van der Waals surface area contributed by atoms with Crippen molar-refractivity contribution in [3.05, 3.63) is 28.5 Å². The number of rotatable bonds is 2. The first-order chi connectivity index (χ1) is 5.91. The van der Waals surface area contributed by atoms with Crippen molar-refractivity contribution in [2.75, 3.05) is 0 Å². The van der Waals surface area contributed by atoms with Crippen LogP contribution in [0.4, 0.5) is 0 Å². The third-order valence-electron chi connectivity index (χ3n) is 1.59. The lowest BCUT2D eigenvalue weighted by atomic mass is 10.3. The minimum Gasteiger partial charge on any atom is -0.259 e. The molecular weight excluding hydrogens is 278 g/mol. The molecule has 0 radical (unpaired) electrons. The minimum atomic E-state index is -3.57. The lowest BCUT2D eigenvalue weighted by molar-refractivity contribution is 0.599. The van der Waals surface area contributed by atoms with Gasteiger partial charge in [0.1, 0.15) is 5.25 Å². The first kappa shape index (κ1) is 10.9. The van der Waals surface area contributed by atoms with Crippen molar-refractivity contribution in [2.45, 2.75) is 12.2 Å². The zero-order valence-electron chi connectivity index (χ0n) is 6.74. The molecule has 1 rings (SSSR count). The number of halogens is 2. The van der Waals surface area contributed by atoms with Crippen LogP contribution in [0.1, 0.15) is 17.9 Å². The van der Waals surface area contributed by atoms with E-state index in [0.717, 1.165) is 4.47 Å². The van der Waals surface area contributed by atoms with Gasteiger partial charge in [0.15, 0.2) is 0 Å². The van der Waals surface area contributed by atoms with Crippen LogP contribution in [0.3, 0.4) is 0 Å². The Balaban J connectivity index is 3.04. The van der Waals surface area contributed by atoms with Gasteiger partial charge in [-0.25, -0.2) is 8.42 Å². The van der Waals surface area contributed by atoms with E-state index in [1.165, 1.54) is 13.1 Å². The van der Waals surface area contributed by atoms with Crippen molar-refractivity contribution in [1.29, 1.82) is 0 Å². The molecule has 0 saturated heterocycles. The third kappa shape index (κ3) is 2.93. The smallest absolute Gasteiger partial charge is 0.240 e. The molecule has 0 aliphatic carbocycles. The van der Waals surface area contributed by atoms with Crippen LogP contribution >= 0.6 is 26.6 Å². The quantitative estimate of drug-likeness (QED) is 0.784. The van der Waals surface area contributed by atoms with Gasteiger partial charge in [-0.15, -0.1) is 0 Å². The topological polar surface area (TPSA) is 47.0 Å². The molecule has 0 aromatic carbocycles. The van der Waals surface area contributed by atoms with Gasteiger partial charge in [0.2, 0.25) is 9.05 Å². The van der Waals surface area contributed by atoms with Crippen molar-refractivity contribution in [1.82, 2.24) is 4.98 Å². The predicted octanol–water partition coefficient (Wildman–Crippen LogP) is 2.47. The molecule has 0 saturated carbocycles. The maximum absolute atomic E-state index is 10.9. The fourth-order valence-electron chi connectivity index (χ4n) is 0.772. The lowest BCUT2D eigenvalue weighted by Crippen LogP contribution is -2.04. The highest BCUT2D eigenvalue weighted by molar-refractivity contribution is 9.10. The van der Waals surface area contributed by atoms with Crippen LogP contribution < -0.4 is 0 Å². The van der Waals surface area contributed by atoms with E-state index < -0.39 is 14.3 Å². The maximum atomic E-state index is 10.9. The highest BCUT2D eigenvalue weighted by Gasteiger charge is 2.20. The monoisotopic (exact) mass is 283 g/mol. The summed E-state index contributed by atoms with van der Waals surface area (Å²) in [5.74, 6) is 0. The van der Waals surface area contributed by atoms with Crippen molar-refractivity contribution in [2.24, 2.45) is 0 Å². The molecule has 6 heteroatoms. The summed E-state index contributed by atoms with van der Waals surface area (Å²) in [6.07, 6.45) is 1.54. The van der Waals surface area contributed by atoms with Crippen molar-refractivity contribution < 1.29 is 8.42 Å². The van der Waals surface area contributed by atoms with Gasteiger partial charge in [-0.2, -0.15) is 0 Å². The average molecular weight is 285 g/mol. The summed E-state index contributed by atoms with van der Waals surface area (Å²) < 4.78 is 22.7. The summed E-state index contributed by atoms with van der Waals surface area (Å²) in [7, 11) is 1.60. The Morgan fingerprint density at radius 1 is 1.54 bits per heavy atom. The van der Waals surface area contributed by atoms with Crippen LogP contribution in [0, 0.1) is 0 Å². The molecule has 3 nitrogen and oxygen atoms in total. The molecule has 1 unspecified atom stereocenters. The van der Waals surface area contributed by atoms with E-state index in [0.29, 0.717) is 5.69 Å². The van der Waals surface area contributed by atoms with E-state index in [1.54, 1.807) is 12.1 Å². The Morgan fingerprint density at radius 3 is 2.54 bits per heavy atom. The van der Waals surface area contributed by atoms with Gasteiger partial charge in [-0.3, -0.25) is 4.98 Å². The number of nitrogens with zero attached hydrogens (tertiary/aromatic N) is 1. The molecule has 1 aromatic rings. The van der Waals surface area contributed by atoms with Crippen molar-refractivity contribution in [3.63, 3.8) is 0 Å². The van der Waals surface area contributed by atoms with E-state index in [9.17, 15) is 8.42 Å². The van der Waals surface area contributed by atoms with E-state index in [4.69, 9.17) is 10.7 Å². The average Bonchev–Trinajstić information content (AvgIpc) is 2.03. The molecule has 0 spiro atoms. The molecular formula is C7H7BrClNO2S. The second kappa shape index (κ2) is 3.94. The molecule has 0 N–H and O–H groups in total. The highest BCUT2D eigenvalue weighted by Crippen LogP contribution is 2.23. The largest absolute Gasteiger partial charge is 0.259 e. The first-order valence-electron chi connectivity index (χ1n) is 3.46. The summed E-state index contributed by atoms with van der Waals surface area (Å²) in [4.78, 5) is 3.93. The lowest BCUT2D eigenvalue weighted by Gasteiger charge is -2.05. The SMILES string of the molecule is CC(c1ccc(Br)cn1)S(=O)(=O)Cl. The zero-order valence-corrected chi connectivity index (χ0v) is 9.90. The number of hydrogen-bond donors (Lipinski definition) is 0. The fourth-order valence-corrected chi connectivity index (χ4v) is 1.71. The Hall–Kier alpha value is -0.130. The van der Waals surface area contributed by atoms with Crippen molar-refractivity contribution >= 4 is 35.7 Å². The molecule has 1 atom stereocenters. The van der Waals surface area contributed by atoms with Crippen LogP contribution in [0.2, 0.25) is 0 Å². The Bertz CT molecular complexity index is 389. The molecule has 1 aromatic heterocycles. The van der Waals surface area contributed by atoms with Crippen LogP contribution in [0.25, 0.3) is 0 Å². The summed E-state index contributed by atoms with van der Waals surface area (Å²) >= 11 is 3.20. The van der Waals surface area contributed by atoms with Crippen LogP contribution in [0.5, 0.6) is 0 Å². The first-order valence-corrected chi connectivity index (χ1v) is 6.63. The van der Waals surface area contributed by atoms with Gasteiger partial charge < -0.3 is 0 Å².